The number of aliphatic hydroxyl groups excluding tert-OH is 1. The minimum atomic E-state index is -0.307. The first kappa shape index (κ1) is 21.5. The Morgan fingerprint density at radius 3 is 2.75 bits per heavy atom. The molecule has 1 heterocycles. The molecule has 3 rings (SSSR count). The number of nitrogens with zero attached hydrogens (tertiary/aromatic N) is 1. The molecule has 4 heteroatoms. The largest absolute Gasteiger partial charge is 0.388 e. The van der Waals surface area contributed by atoms with E-state index in [2.05, 4.69) is 31.2 Å². The zero-order valence-electron chi connectivity index (χ0n) is 14.9. The van der Waals surface area contributed by atoms with Gasteiger partial charge in [-0.2, -0.15) is 6.42 Å². The molecular formula is C20H28NO2Y-. The van der Waals surface area contributed by atoms with Gasteiger partial charge in [-0.15, -0.1) is 0 Å². The molecule has 1 aromatic carbocycles. The van der Waals surface area contributed by atoms with E-state index in [0.29, 0.717) is 13.0 Å². The Kier molecular flexibility index (Phi) is 9.40. The van der Waals surface area contributed by atoms with Gasteiger partial charge in [-0.25, -0.2) is 0 Å². The van der Waals surface area contributed by atoms with Crippen LogP contribution in [0.4, 0.5) is 0 Å². The van der Waals surface area contributed by atoms with E-state index in [9.17, 15) is 9.90 Å². The Morgan fingerprint density at radius 1 is 1.33 bits per heavy atom. The van der Waals surface area contributed by atoms with Crippen molar-refractivity contribution in [3.63, 3.8) is 0 Å². The van der Waals surface area contributed by atoms with E-state index in [1.54, 1.807) is 0 Å². The van der Waals surface area contributed by atoms with E-state index in [1.165, 1.54) is 11.1 Å². The molecule has 2 atom stereocenters. The number of allylic oxidation sites excluding steroid dienone is 1. The average Bonchev–Trinajstić information content (AvgIpc) is 2.95. The fourth-order valence-electron chi connectivity index (χ4n) is 3.23. The van der Waals surface area contributed by atoms with E-state index in [0.717, 1.165) is 31.2 Å². The number of aliphatic hydroxyl groups is 1. The Bertz CT molecular complexity index is 571. The van der Waals surface area contributed by atoms with Crippen molar-refractivity contribution >= 4 is 5.91 Å². The van der Waals surface area contributed by atoms with Gasteiger partial charge in [0.2, 0.25) is 5.91 Å². The maximum atomic E-state index is 11.8. The third-order valence-corrected chi connectivity index (χ3v) is 4.50. The number of carbonyl (C=O) groups is 1. The molecule has 0 bridgehead atoms. The van der Waals surface area contributed by atoms with Crippen LogP contribution in [0.1, 0.15) is 68.4 Å². The Labute approximate surface area is 171 Å². The third-order valence-electron chi connectivity index (χ3n) is 4.50. The molecule has 1 saturated heterocycles. The van der Waals surface area contributed by atoms with Gasteiger partial charge < -0.3 is 16.9 Å². The first-order chi connectivity index (χ1) is 11.2. The van der Waals surface area contributed by atoms with Crippen molar-refractivity contribution in [1.29, 1.82) is 0 Å². The van der Waals surface area contributed by atoms with Gasteiger partial charge in [0.15, 0.2) is 0 Å². The second kappa shape index (κ2) is 10.5. The molecule has 3 nitrogen and oxygen atoms in total. The molecule has 0 spiro atoms. The van der Waals surface area contributed by atoms with Gasteiger partial charge in [0.1, 0.15) is 0 Å². The predicted molar refractivity (Wildman–Crippen MR) is 93.9 cm³/mol. The van der Waals surface area contributed by atoms with E-state index in [-0.39, 0.29) is 50.8 Å². The number of benzene rings is 1. The Morgan fingerprint density at radius 2 is 2.08 bits per heavy atom. The van der Waals surface area contributed by atoms with E-state index >= 15 is 0 Å². The summed E-state index contributed by atoms with van der Waals surface area (Å²) >= 11 is 0. The van der Waals surface area contributed by atoms with Gasteiger partial charge in [0.05, 0.1) is 18.6 Å². The molecule has 129 valence electrons. The molecule has 0 aromatic heterocycles. The van der Waals surface area contributed by atoms with Crippen LogP contribution in [-0.4, -0.2) is 22.5 Å². The number of hydrogen-bond acceptors (Lipinski definition) is 2. The minimum absolute atomic E-state index is 0. The molecule has 2 aliphatic rings. The molecule has 1 amide bonds. The van der Waals surface area contributed by atoms with Gasteiger partial charge in [-0.3, -0.25) is 4.79 Å². The molecule has 1 N–H and O–H groups in total. The van der Waals surface area contributed by atoms with Crippen LogP contribution >= 0.6 is 0 Å². The van der Waals surface area contributed by atoms with E-state index < -0.39 is 0 Å². The zero-order chi connectivity index (χ0) is 16.8. The molecule has 24 heavy (non-hydrogen) atoms. The van der Waals surface area contributed by atoms with Crippen molar-refractivity contribution < 1.29 is 42.6 Å². The molecule has 1 aliphatic heterocycles. The van der Waals surface area contributed by atoms with Crippen molar-refractivity contribution in [3.8, 4) is 0 Å². The number of unbranched alkanes of at least 4 members (excludes halogenated alkanes) is 1. The molecular weight excluding hydrogens is 375 g/mol. The average molecular weight is 403 g/mol. The molecule has 1 fully saturated rings. The number of hydrogen-bond donors (Lipinski definition) is 1. The summed E-state index contributed by atoms with van der Waals surface area (Å²) in [6.45, 7) is 8.48. The number of β-lactam (4-membered cyclic amide) rings is 1. The molecule has 1 radical (unpaired) electrons. The van der Waals surface area contributed by atoms with Crippen LogP contribution in [0.2, 0.25) is 0 Å². The van der Waals surface area contributed by atoms with E-state index in [4.69, 9.17) is 0 Å². The van der Waals surface area contributed by atoms with Crippen LogP contribution in [-0.2, 0) is 43.9 Å². The van der Waals surface area contributed by atoms with Crippen LogP contribution < -0.4 is 0 Å². The maximum Gasteiger partial charge on any atom is 0.225 e. The predicted octanol–water partition coefficient (Wildman–Crippen LogP) is 4.13. The van der Waals surface area contributed by atoms with Crippen molar-refractivity contribution in [3.05, 3.63) is 54.0 Å². The zero-order valence-corrected chi connectivity index (χ0v) is 17.7. The number of amides is 1. The number of likely N-dealkylation sites (tertiary alicyclic amines) is 1. The quantitative estimate of drug-likeness (QED) is 0.456. The normalized spacial score (nSPS) is 21.7. The van der Waals surface area contributed by atoms with E-state index in [1.807, 2.05) is 24.8 Å². The summed E-state index contributed by atoms with van der Waals surface area (Å²) in [5.41, 5.74) is 3.51. The summed E-state index contributed by atoms with van der Waals surface area (Å²) in [5, 5.41) is 9.86. The molecule has 0 saturated carbocycles. The van der Waals surface area contributed by atoms with Gasteiger partial charge in [0.25, 0.3) is 0 Å². The molecule has 1 unspecified atom stereocenters. The van der Waals surface area contributed by atoms with Crippen LogP contribution in [0, 0.1) is 6.92 Å². The Balaban J connectivity index is 0.000000925. The van der Waals surface area contributed by atoms with Crippen LogP contribution in [0.5, 0.6) is 0 Å². The summed E-state index contributed by atoms with van der Waals surface area (Å²) in [6, 6.07) is 6.47. The molecule has 1 aliphatic carbocycles. The first-order valence-electron chi connectivity index (χ1n) is 8.75. The SMILES string of the molecule is CC.[CH2-]CCC=CCN1C(=O)C[C@@H]1c1ccc2c(c1)CCC2O.[Y]. The van der Waals surface area contributed by atoms with Gasteiger partial charge in [-0.1, -0.05) is 50.6 Å². The summed E-state index contributed by atoms with van der Waals surface area (Å²) in [7, 11) is 0. The van der Waals surface area contributed by atoms with Gasteiger partial charge in [-0.05, 0) is 29.5 Å². The Hall–Kier alpha value is -0.506. The van der Waals surface area contributed by atoms with Crippen molar-refractivity contribution in [1.82, 2.24) is 4.90 Å². The fraction of sp³-hybridized carbons (Fsp3) is 0.500. The monoisotopic (exact) mass is 403 g/mol. The van der Waals surface area contributed by atoms with Crippen LogP contribution in [0.3, 0.4) is 0 Å². The van der Waals surface area contributed by atoms with Gasteiger partial charge in [0, 0.05) is 39.3 Å². The fourth-order valence-corrected chi connectivity index (χ4v) is 3.23. The van der Waals surface area contributed by atoms with Crippen molar-refractivity contribution in [2.45, 2.75) is 58.1 Å². The van der Waals surface area contributed by atoms with Crippen LogP contribution in [0.15, 0.2) is 30.4 Å². The summed E-state index contributed by atoms with van der Waals surface area (Å²) < 4.78 is 0. The minimum Gasteiger partial charge on any atom is -0.388 e. The smallest absolute Gasteiger partial charge is 0.225 e. The van der Waals surface area contributed by atoms with Crippen molar-refractivity contribution in [2.75, 3.05) is 6.54 Å². The van der Waals surface area contributed by atoms with Crippen molar-refractivity contribution in [2.24, 2.45) is 0 Å². The molecule has 1 aromatic rings. The second-order valence-corrected chi connectivity index (χ2v) is 5.89. The summed E-state index contributed by atoms with van der Waals surface area (Å²) in [5.74, 6) is 0.222. The van der Waals surface area contributed by atoms with Crippen LogP contribution in [0.25, 0.3) is 0 Å². The standard InChI is InChI=1S/C18H22NO2.C2H6.Y/c1-2-3-4-5-10-19-16(12-18(19)21)14-6-8-15-13(11-14)7-9-17(15)20;1-2;/h4-6,8,11,16-17,20H,1-3,7,9-10,12H2;1-2H3;/q-1;;/t16-,17?;;/m1../s1. The summed E-state index contributed by atoms with van der Waals surface area (Å²) in [4.78, 5) is 13.7. The second-order valence-electron chi connectivity index (χ2n) is 5.89. The number of fused-ring (bicyclic) bond motifs is 1. The van der Waals surface area contributed by atoms with Gasteiger partial charge >= 0.3 is 0 Å². The topological polar surface area (TPSA) is 40.5 Å². The number of rotatable bonds is 5. The number of aryl methyl sites for hydroxylation is 1. The summed E-state index contributed by atoms with van der Waals surface area (Å²) in [6.07, 6.45) is 8.06. The first-order valence-corrected chi connectivity index (χ1v) is 8.75. The maximum absolute atomic E-state index is 11.8. The third kappa shape index (κ3) is 4.77. The number of carbonyl (C=O) groups excluding carboxylic acids is 1.